The summed E-state index contributed by atoms with van der Waals surface area (Å²) < 4.78 is 2.04. The number of hydrogen-bond donors (Lipinski definition) is 0. The summed E-state index contributed by atoms with van der Waals surface area (Å²) in [5.41, 5.74) is 3.69. The average Bonchev–Trinajstić information content (AvgIpc) is 3.15. The summed E-state index contributed by atoms with van der Waals surface area (Å²) in [4.78, 5) is 0. The Morgan fingerprint density at radius 1 is 0.762 bits per heavy atom. The Kier molecular flexibility index (Phi) is 5.19. The van der Waals surface area contributed by atoms with Gasteiger partial charge in [-0.15, -0.1) is 13.2 Å². The minimum atomic E-state index is 0.169. The van der Waals surface area contributed by atoms with Crippen molar-refractivity contribution in [2.75, 3.05) is 0 Å². The minimum Gasteiger partial charge on any atom is -0.106 e. The molecule has 2 fully saturated rings. The van der Waals surface area contributed by atoms with Crippen LogP contribution < -0.4 is 0 Å². The van der Waals surface area contributed by atoms with Gasteiger partial charge in [-0.05, 0) is 0 Å². The van der Waals surface area contributed by atoms with Crippen LogP contribution in [-0.4, -0.2) is 0 Å². The van der Waals surface area contributed by atoms with E-state index >= 15 is 0 Å². The SMILES string of the molecule is C1=CCC2CC[CH]([Ti][CH]3CCC4CC=CC=C43)C2=C1.C=C. The van der Waals surface area contributed by atoms with Gasteiger partial charge in [-0.25, -0.2) is 0 Å². The maximum absolute atomic E-state index is 3.00. The van der Waals surface area contributed by atoms with Crippen LogP contribution in [0, 0.1) is 11.8 Å². The summed E-state index contributed by atoms with van der Waals surface area (Å²) in [7, 11) is 0. The molecule has 0 aromatic carbocycles. The van der Waals surface area contributed by atoms with Crippen molar-refractivity contribution in [1.82, 2.24) is 0 Å². The molecule has 0 radical (unpaired) electrons. The molecule has 21 heavy (non-hydrogen) atoms. The maximum atomic E-state index is 3.00. The van der Waals surface area contributed by atoms with Crippen LogP contribution in [0.15, 0.2) is 60.8 Å². The number of rotatable bonds is 2. The number of allylic oxidation sites excluding steroid dienone is 8. The van der Waals surface area contributed by atoms with Crippen molar-refractivity contribution < 1.29 is 19.2 Å². The van der Waals surface area contributed by atoms with Crippen molar-refractivity contribution in [2.45, 2.75) is 47.0 Å². The van der Waals surface area contributed by atoms with Crippen molar-refractivity contribution in [3.8, 4) is 0 Å². The van der Waals surface area contributed by atoms with E-state index in [-0.39, 0.29) is 19.2 Å². The van der Waals surface area contributed by atoms with Gasteiger partial charge in [0.2, 0.25) is 0 Å². The maximum Gasteiger partial charge on any atom is -0.106 e. The van der Waals surface area contributed by atoms with Crippen molar-refractivity contribution in [2.24, 2.45) is 11.8 Å². The van der Waals surface area contributed by atoms with Gasteiger partial charge in [-0.1, -0.05) is 0 Å². The van der Waals surface area contributed by atoms with Crippen LogP contribution in [0.2, 0.25) is 8.45 Å². The Morgan fingerprint density at radius 2 is 1.24 bits per heavy atom. The molecule has 0 nitrogen and oxygen atoms in total. The van der Waals surface area contributed by atoms with Crippen LogP contribution in [0.1, 0.15) is 38.5 Å². The van der Waals surface area contributed by atoms with E-state index in [2.05, 4.69) is 49.6 Å². The van der Waals surface area contributed by atoms with Gasteiger partial charge in [0.05, 0.1) is 0 Å². The normalized spacial score (nSPS) is 36.0. The molecular formula is C20H26Ti. The fourth-order valence-electron chi connectivity index (χ4n) is 4.43. The predicted molar refractivity (Wildman–Crippen MR) is 87.9 cm³/mol. The van der Waals surface area contributed by atoms with E-state index in [0.29, 0.717) is 0 Å². The van der Waals surface area contributed by atoms with Crippen LogP contribution in [0.5, 0.6) is 0 Å². The van der Waals surface area contributed by atoms with E-state index < -0.39 is 0 Å². The molecule has 4 atom stereocenters. The monoisotopic (exact) mass is 314 g/mol. The number of fused-ring (bicyclic) bond motifs is 2. The van der Waals surface area contributed by atoms with Crippen LogP contribution >= 0.6 is 0 Å². The Morgan fingerprint density at radius 3 is 1.71 bits per heavy atom. The van der Waals surface area contributed by atoms with Gasteiger partial charge in [0, 0.05) is 0 Å². The van der Waals surface area contributed by atoms with Gasteiger partial charge >= 0.3 is 126 Å². The average molecular weight is 314 g/mol. The minimum absolute atomic E-state index is 0.169. The smallest absolute Gasteiger partial charge is 0.106 e. The van der Waals surface area contributed by atoms with E-state index in [4.69, 9.17) is 0 Å². The van der Waals surface area contributed by atoms with Crippen LogP contribution in [0.4, 0.5) is 0 Å². The molecule has 0 saturated heterocycles. The molecule has 0 aromatic rings. The fourth-order valence-corrected chi connectivity index (χ4v) is 7.87. The van der Waals surface area contributed by atoms with Crippen molar-refractivity contribution in [3.05, 3.63) is 60.8 Å². The Labute approximate surface area is 138 Å². The van der Waals surface area contributed by atoms with E-state index in [1.807, 2.05) is 11.1 Å². The van der Waals surface area contributed by atoms with Crippen LogP contribution in [0.3, 0.4) is 0 Å². The van der Waals surface area contributed by atoms with E-state index in [1.165, 1.54) is 38.5 Å². The third-order valence-electron chi connectivity index (χ3n) is 5.45. The first-order valence-electron chi connectivity index (χ1n) is 8.41. The molecule has 2 saturated carbocycles. The van der Waals surface area contributed by atoms with Gasteiger partial charge in [-0.3, -0.25) is 0 Å². The molecule has 4 unspecified atom stereocenters. The van der Waals surface area contributed by atoms with Crippen LogP contribution in [-0.2, 0) is 19.2 Å². The van der Waals surface area contributed by atoms with Crippen LogP contribution in [0.25, 0.3) is 0 Å². The third-order valence-corrected chi connectivity index (χ3v) is 8.65. The molecule has 4 rings (SSSR count). The standard InChI is InChI=1S/2C9H11.C2H4.Ti/c2*1-2-5-9-7-3-6-8(9)4-1;1-2;/h2*1-2,4,6,9H,3,5,7H2;1-2H2;. The number of hydrogen-bond acceptors (Lipinski definition) is 0. The Bertz CT molecular complexity index is 450. The topological polar surface area (TPSA) is 0 Å². The summed E-state index contributed by atoms with van der Waals surface area (Å²) in [6.07, 6.45) is 22.9. The Balaban J connectivity index is 0.000000636. The van der Waals surface area contributed by atoms with Gasteiger partial charge < -0.3 is 0 Å². The molecular weight excluding hydrogens is 288 g/mol. The van der Waals surface area contributed by atoms with E-state index in [1.54, 1.807) is 0 Å². The van der Waals surface area contributed by atoms with Gasteiger partial charge in [-0.2, -0.15) is 0 Å². The molecule has 0 aromatic heterocycles. The second-order valence-corrected chi connectivity index (χ2v) is 9.18. The summed E-state index contributed by atoms with van der Waals surface area (Å²) in [6.45, 7) is 6.00. The van der Waals surface area contributed by atoms with Crippen molar-refractivity contribution in [1.29, 1.82) is 0 Å². The molecule has 0 spiro atoms. The molecule has 0 amide bonds. The van der Waals surface area contributed by atoms with Crippen molar-refractivity contribution >= 4 is 0 Å². The summed E-state index contributed by atoms with van der Waals surface area (Å²) in [5.74, 6) is 1.85. The van der Waals surface area contributed by atoms with Gasteiger partial charge in [0.1, 0.15) is 0 Å². The van der Waals surface area contributed by atoms with Crippen molar-refractivity contribution in [3.63, 3.8) is 0 Å². The second-order valence-electron chi connectivity index (χ2n) is 6.48. The predicted octanol–water partition coefficient (Wildman–Crippen LogP) is 6.04. The molecule has 1 heteroatoms. The summed E-state index contributed by atoms with van der Waals surface area (Å²) >= 11 is 0.169. The zero-order valence-electron chi connectivity index (χ0n) is 12.9. The quantitative estimate of drug-likeness (QED) is 0.430. The third kappa shape index (κ3) is 3.12. The summed E-state index contributed by atoms with van der Waals surface area (Å²) in [6, 6.07) is 0. The zero-order valence-corrected chi connectivity index (χ0v) is 14.5. The molecule has 4 aliphatic carbocycles. The molecule has 0 N–H and O–H groups in total. The van der Waals surface area contributed by atoms with E-state index in [9.17, 15) is 0 Å². The van der Waals surface area contributed by atoms with Gasteiger partial charge in [0.25, 0.3) is 0 Å². The molecule has 0 heterocycles. The zero-order chi connectivity index (χ0) is 14.7. The Hall–Kier alpha value is -0.586. The first-order valence-corrected chi connectivity index (χ1v) is 10.2. The second kappa shape index (κ2) is 7.12. The molecule has 4 aliphatic rings. The van der Waals surface area contributed by atoms with E-state index in [0.717, 1.165) is 20.3 Å². The first-order chi connectivity index (χ1) is 10.4. The van der Waals surface area contributed by atoms with Gasteiger partial charge in [0.15, 0.2) is 0 Å². The molecule has 0 aliphatic heterocycles. The fraction of sp³-hybridized carbons (Fsp3) is 0.500. The first kappa shape index (κ1) is 15.3. The molecule has 0 bridgehead atoms. The summed E-state index contributed by atoms with van der Waals surface area (Å²) in [5, 5.41) is 0. The molecule has 110 valence electrons. The largest absolute Gasteiger partial charge is 0.106 e.